The van der Waals surface area contributed by atoms with Crippen molar-refractivity contribution in [2.24, 2.45) is 7.05 Å². The zero-order chi connectivity index (χ0) is 17.3. The number of carboxylic acids is 1. The molecule has 0 bridgehead atoms. The van der Waals surface area contributed by atoms with Crippen molar-refractivity contribution >= 4 is 11.9 Å². The van der Waals surface area contributed by atoms with E-state index in [9.17, 15) is 14.7 Å². The summed E-state index contributed by atoms with van der Waals surface area (Å²) in [6.07, 6.45) is 3.13. The number of aromatic nitrogens is 2. The van der Waals surface area contributed by atoms with E-state index in [4.69, 9.17) is 0 Å². The average Bonchev–Trinajstić information content (AvgIpc) is 2.88. The molecule has 6 heteroatoms. The van der Waals surface area contributed by atoms with Crippen LogP contribution in [0.15, 0.2) is 30.5 Å². The molecule has 1 aliphatic rings. The molecule has 0 aliphatic carbocycles. The number of carbonyl (C=O) groups is 2. The fourth-order valence-corrected chi connectivity index (χ4v) is 3.29. The number of hydrogen-bond acceptors (Lipinski definition) is 3. The molecule has 1 aromatic heterocycles. The second-order valence-corrected chi connectivity index (χ2v) is 6.26. The lowest BCUT2D eigenvalue weighted by Gasteiger charge is -2.34. The molecule has 0 saturated carbocycles. The van der Waals surface area contributed by atoms with E-state index in [1.54, 1.807) is 4.68 Å². The third-order valence-corrected chi connectivity index (χ3v) is 4.58. The van der Waals surface area contributed by atoms with Gasteiger partial charge in [-0.05, 0) is 30.0 Å². The number of carbonyl (C=O) groups excluding carboxylic acids is 1. The first-order valence-corrected chi connectivity index (χ1v) is 8.04. The first kappa shape index (κ1) is 16.2. The van der Waals surface area contributed by atoms with Gasteiger partial charge in [0, 0.05) is 32.6 Å². The Morgan fingerprint density at radius 2 is 2.00 bits per heavy atom. The lowest BCUT2D eigenvalue weighted by atomic mass is 9.93. The molecule has 1 atom stereocenters. The summed E-state index contributed by atoms with van der Waals surface area (Å²) in [5.41, 5.74) is 3.97. The lowest BCUT2D eigenvalue weighted by Crippen LogP contribution is -2.48. The van der Waals surface area contributed by atoms with Crippen LogP contribution in [-0.2, 0) is 36.0 Å². The highest BCUT2D eigenvalue weighted by Gasteiger charge is 2.34. The second kappa shape index (κ2) is 6.47. The summed E-state index contributed by atoms with van der Waals surface area (Å²) in [5, 5.41) is 13.8. The normalized spacial score (nSPS) is 16.8. The summed E-state index contributed by atoms with van der Waals surface area (Å²) in [6, 6.07) is 6.93. The Morgan fingerprint density at radius 3 is 2.62 bits per heavy atom. The minimum Gasteiger partial charge on any atom is -0.480 e. The van der Waals surface area contributed by atoms with Crippen LogP contribution in [0.5, 0.6) is 0 Å². The van der Waals surface area contributed by atoms with Crippen LogP contribution in [0, 0.1) is 6.92 Å². The van der Waals surface area contributed by atoms with Crippen LogP contribution in [0.3, 0.4) is 0 Å². The maximum Gasteiger partial charge on any atom is 0.326 e. The van der Waals surface area contributed by atoms with Crippen molar-refractivity contribution in [3.8, 4) is 0 Å². The van der Waals surface area contributed by atoms with Gasteiger partial charge in [0.15, 0.2) is 0 Å². The van der Waals surface area contributed by atoms with Crippen molar-refractivity contribution < 1.29 is 14.7 Å². The van der Waals surface area contributed by atoms with E-state index < -0.39 is 12.0 Å². The van der Waals surface area contributed by atoms with E-state index in [0.717, 1.165) is 22.4 Å². The minimum absolute atomic E-state index is 0.125. The van der Waals surface area contributed by atoms with Crippen molar-refractivity contribution in [3.63, 3.8) is 0 Å². The van der Waals surface area contributed by atoms with E-state index in [1.807, 2.05) is 44.4 Å². The highest BCUT2D eigenvalue weighted by Crippen LogP contribution is 2.24. The number of aryl methyl sites for hydroxylation is 3. The summed E-state index contributed by atoms with van der Waals surface area (Å²) in [5.74, 6) is -1.07. The van der Waals surface area contributed by atoms with Gasteiger partial charge in [0.25, 0.3) is 0 Å². The van der Waals surface area contributed by atoms with Crippen molar-refractivity contribution in [1.82, 2.24) is 14.7 Å². The number of benzene rings is 1. The van der Waals surface area contributed by atoms with Gasteiger partial charge in [-0.25, -0.2) is 4.79 Å². The Kier molecular flexibility index (Phi) is 4.38. The van der Waals surface area contributed by atoms with E-state index in [-0.39, 0.29) is 5.91 Å². The molecule has 6 nitrogen and oxygen atoms in total. The van der Waals surface area contributed by atoms with Crippen molar-refractivity contribution in [1.29, 1.82) is 0 Å². The highest BCUT2D eigenvalue weighted by atomic mass is 16.4. The summed E-state index contributed by atoms with van der Waals surface area (Å²) < 4.78 is 1.73. The number of nitrogens with zero attached hydrogens (tertiary/aromatic N) is 3. The lowest BCUT2D eigenvalue weighted by molar-refractivity contribution is -0.151. The van der Waals surface area contributed by atoms with Crippen LogP contribution in [0.25, 0.3) is 0 Å². The van der Waals surface area contributed by atoms with Gasteiger partial charge >= 0.3 is 5.97 Å². The van der Waals surface area contributed by atoms with Gasteiger partial charge in [-0.3, -0.25) is 9.48 Å². The fourth-order valence-electron chi connectivity index (χ4n) is 3.29. The molecule has 2 heterocycles. The number of rotatable bonds is 4. The van der Waals surface area contributed by atoms with Gasteiger partial charge in [-0.15, -0.1) is 0 Å². The largest absolute Gasteiger partial charge is 0.480 e. The molecule has 126 valence electrons. The number of hydrogen-bond donors (Lipinski definition) is 1. The summed E-state index contributed by atoms with van der Waals surface area (Å²) in [6.45, 7) is 2.27. The summed E-state index contributed by atoms with van der Waals surface area (Å²) in [7, 11) is 1.85. The smallest absolute Gasteiger partial charge is 0.326 e. The Bertz CT molecular complexity index is 782. The molecular formula is C18H21N3O3. The molecule has 0 unspecified atom stereocenters. The fraction of sp³-hybridized carbons (Fsp3) is 0.389. The Balaban J connectivity index is 1.75. The van der Waals surface area contributed by atoms with E-state index in [1.165, 1.54) is 4.90 Å². The molecular weight excluding hydrogens is 306 g/mol. The molecule has 1 aliphatic heterocycles. The van der Waals surface area contributed by atoms with Crippen LogP contribution in [0.2, 0.25) is 0 Å². The first-order valence-electron chi connectivity index (χ1n) is 8.04. The zero-order valence-electron chi connectivity index (χ0n) is 13.9. The molecule has 2 aromatic rings. The Labute approximate surface area is 140 Å². The standard InChI is InChI=1S/C18H21N3O3/c1-12-14(10-20(2)19-12)7-8-17(22)21-11-15-6-4-3-5-13(15)9-16(21)18(23)24/h3-6,10,16H,7-9,11H2,1-2H3,(H,23,24)/t16-/m0/s1. The average molecular weight is 327 g/mol. The summed E-state index contributed by atoms with van der Waals surface area (Å²) in [4.78, 5) is 25.7. The van der Waals surface area contributed by atoms with Gasteiger partial charge in [-0.2, -0.15) is 5.10 Å². The van der Waals surface area contributed by atoms with Gasteiger partial charge in [0.2, 0.25) is 5.91 Å². The van der Waals surface area contributed by atoms with Crippen molar-refractivity contribution in [3.05, 3.63) is 52.8 Å². The molecule has 1 amide bonds. The minimum atomic E-state index is -0.949. The maximum atomic E-state index is 12.6. The third-order valence-electron chi connectivity index (χ3n) is 4.58. The van der Waals surface area contributed by atoms with E-state index in [2.05, 4.69) is 5.10 Å². The van der Waals surface area contributed by atoms with Crippen LogP contribution >= 0.6 is 0 Å². The Morgan fingerprint density at radius 1 is 1.29 bits per heavy atom. The monoisotopic (exact) mass is 327 g/mol. The van der Waals surface area contributed by atoms with Crippen molar-refractivity contribution in [2.75, 3.05) is 0 Å². The highest BCUT2D eigenvalue weighted by molar-refractivity contribution is 5.84. The zero-order valence-corrected chi connectivity index (χ0v) is 13.9. The van der Waals surface area contributed by atoms with Crippen LogP contribution in [-0.4, -0.2) is 37.7 Å². The molecule has 1 aromatic carbocycles. The van der Waals surface area contributed by atoms with Gasteiger partial charge in [0.05, 0.1) is 5.69 Å². The van der Waals surface area contributed by atoms with Crippen LogP contribution in [0.4, 0.5) is 0 Å². The van der Waals surface area contributed by atoms with Gasteiger partial charge in [-0.1, -0.05) is 24.3 Å². The van der Waals surface area contributed by atoms with Crippen molar-refractivity contribution in [2.45, 2.75) is 38.8 Å². The van der Waals surface area contributed by atoms with E-state index >= 15 is 0 Å². The van der Waals surface area contributed by atoms with Crippen LogP contribution < -0.4 is 0 Å². The molecule has 0 saturated heterocycles. The number of amides is 1. The number of aliphatic carboxylic acids is 1. The SMILES string of the molecule is Cc1nn(C)cc1CCC(=O)N1Cc2ccccc2C[C@H]1C(=O)O. The molecule has 3 rings (SSSR count). The molecule has 1 N–H and O–H groups in total. The van der Waals surface area contributed by atoms with Gasteiger partial charge in [0.1, 0.15) is 6.04 Å². The summed E-state index contributed by atoms with van der Waals surface area (Å²) >= 11 is 0. The number of carboxylic acid groups (broad SMARTS) is 1. The molecule has 0 spiro atoms. The third kappa shape index (κ3) is 3.18. The first-order chi connectivity index (χ1) is 11.5. The Hall–Kier alpha value is -2.63. The topological polar surface area (TPSA) is 75.4 Å². The quantitative estimate of drug-likeness (QED) is 0.927. The molecule has 0 radical (unpaired) electrons. The second-order valence-electron chi connectivity index (χ2n) is 6.26. The maximum absolute atomic E-state index is 12.6. The predicted octanol–water partition coefficient (Wildman–Crippen LogP) is 1.70. The van der Waals surface area contributed by atoms with Crippen LogP contribution in [0.1, 0.15) is 28.8 Å². The number of fused-ring (bicyclic) bond motifs is 1. The van der Waals surface area contributed by atoms with Gasteiger partial charge < -0.3 is 10.0 Å². The molecule has 0 fully saturated rings. The van der Waals surface area contributed by atoms with E-state index in [0.29, 0.717) is 25.8 Å². The predicted molar refractivity (Wildman–Crippen MR) is 88.4 cm³/mol. The molecule has 24 heavy (non-hydrogen) atoms.